The smallest absolute Gasteiger partial charge is 0.162 e. The van der Waals surface area contributed by atoms with Crippen LogP contribution in [0, 0.1) is 18.6 Å². The first kappa shape index (κ1) is 10.4. The molecule has 1 aliphatic rings. The van der Waals surface area contributed by atoms with Gasteiger partial charge in [0.25, 0.3) is 0 Å². The van der Waals surface area contributed by atoms with Gasteiger partial charge in [0.05, 0.1) is 0 Å². The van der Waals surface area contributed by atoms with Gasteiger partial charge in [0, 0.05) is 12.1 Å². The second kappa shape index (κ2) is 3.77. The first-order valence-corrected chi connectivity index (χ1v) is 4.94. The fourth-order valence-electron chi connectivity index (χ4n) is 1.66. The van der Waals surface area contributed by atoms with Gasteiger partial charge in [-0.25, -0.2) is 8.78 Å². The van der Waals surface area contributed by atoms with Crippen molar-refractivity contribution in [2.24, 2.45) is 5.73 Å². The fourth-order valence-corrected chi connectivity index (χ4v) is 1.66. The van der Waals surface area contributed by atoms with E-state index in [1.165, 1.54) is 13.0 Å². The summed E-state index contributed by atoms with van der Waals surface area (Å²) in [5.41, 5.74) is 5.85. The molecular weight excluding hydrogens is 200 g/mol. The molecule has 1 aliphatic carbocycles. The Bertz CT molecular complexity index is 352. The van der Waals surface area contributed by atoms with Crippen molar-refractivity contribution >= 4 is 0 Å². The van der Waals surface area contributed by atoms with Crippen molar-refractivity contribution in [3.05, 3.63) is 29.3 Å². The minimum absolute atomic E-state index is 0.0456. The van der Waals surface area contributed by atoms with Crippen LogP contribution in [0.1, 0.15) is 18.4 Å². The highest BCUT2D eigenvalue weighted by atomic mass is 19.2. The molecule has 0 bridgehead atoms. The standard InChI is InChI=1S/C11H13F2NO/c1-6-2-8(5-10(12)11(6)13)15-9-3-7(14)4-9/h2,5,7,9H,3-4,14H2,1H3/t7-,9-. The lowest BCUT2D eigenvalue weighted by Crippen LogP contribution is -2.43. The van der Waals surface area contributed by atoms with E-state index < -0.39 is 11.6 Å². The van der Waals surface area contributed by atoms with Crippen LogP contribution >= 0.6 is 0 Å². The predicted octanol–water partition coefficient (Wildman–Crippen LogP) is 2.14. The van der Waals surface area contributed by atoms with E-state index in [0.29, 0.717) is 5.75 Å². The molecule has 0 amide bonds. The first-order valence-electron chi connectivity index (χ1n) is 4.94. The molecule has 1 aromatic rings. The molecule has 0 unspecified atom stereocenters. The summed E-state index contributed by atoms with van der Waals surface area (Å²) in [5, 5.41) is 0. The van der Waals surface area contributed by atoms with Gasteiger partial charge in [-0.3, -0.25) is 0 Å². The van der Waals surface area contributed by atoms with Crippen LogP contribution in [0.15, 0.2) is 12.1 Å². The minimum Gasteiger partial charge on any atom is -0.490 e. The number of rotatable bonds is 2. The molecule has 0 saturated heterocycles. The molecule has 82 valence electrons. The van der Waals surface area contributed by atoms with Gasteiger partial charge in [0.15, 0.2) is 11.6 Å². The van der Waals surface area contributed by atoms with Gasteiger partial charge >= 0.3 is 0 Å². The normalized spacial score (nSPS) is 24.8. The van der Waals surface area contributed by atoms with Gasteiger partial charge in [0.1, 0.15) is 11.9 Å². The Labute approximate surface area is 87.0 Å². The SMILES string of the molecule is Cc1cc(O[C@H]2C[C@H](N)C2)cc(F)c1F. The Hall–Kier alpha value is -1.16. The lowest BCUT2D eigenvalue weighted by Gasteiger charge is -2.32. The lowest BCUT2D eigenvalue weighted by atomic mass is 9.90. The number of hydrogen-bond acceptors (Lipinski definition) is 2. The van der Waals surface area contributed by atoms with E-state index in [0.717, 1.165) is 18.9 Å². The summed E-state index contributed by atoms with van der Waals surface area (Å²) in [6.07, 6.45) is 1.60. The second-order valence-corrected chi connectivity index (χ2v) is 4.01. The largest absolute Gasteiger partial charge is 0.490 e. The quantitative estimate of drug-likeness (QED) is 0.816. The summed E-state index contributed by atoms with van der Waals surface area (Å²) in [7, 11) is 0. The fraction of sp³-hybridized carbons (Fsp3) is 0.455. The highest BCUT2D eigenvalue weighted by Crippen LogP contribution is 2.26. The Morgan fingerprint density at radius 1 is 1.33 bits per heavy atom. The van der Waals surface area contributed by atoms with Crippen LogP contribution in [0.25, 0.3) is 0 Å². The van der Waals surface area contributed by atoms with E-state index in [2.05, 4.69) is 0 Å². The van der Waals surface area contributed by atoms with Crippen LogP contribution in [0.5, 0.6) is 5.75 Å². The summed E-state index contributed by atoms with van der Waals surface area (Å²) in [6.45, 7) is 1.51. The molecule has 0 radical (unpaired) electrons. The molecular formula is C11H13F2NO. The molecule has 2 N–H and O–H groups in total. The van der Waals surface area contributed by atoms with E-state index in [1.54, 1.807) is 0 Å². The van der Waals surface area contributed by atoms with E-state index in [1.807, 2.05) is 0 Å². The van der Waals surface area contributed by atoms with Crippen LogP contribution in [0.3, 0.4) is 0 Å². The average Bonchev–Trinajstić information content (AvgIpc) is 2.11. The maximum absolute atomic E-state index is 13.0. The van der Waals surface area contributed by atoms with Gasteiger partial charge in [-0.2, -0.15) is 0 Å². The Morgan fingerprint density at radius 3 is 2.53 bits per heavy atom. The zero-order chi connectivity index (χ0) is 11.0. The number of halogens is 2. The molecule has 2 nitrogen and oxygen atoms in total. The monoisotopic (exact) mass is 213 g/mol. The average molecular weight is 213 g/mol. The number of hydrogen-bond donors (Lipinski definition) is 1. The molecule has 0 atom stereocenters. The maximum Gasteiger partial charge on any atom is 0.162 e. The van der Waals surface area contributed by atoms with Gasteiger partial charge in [-0.1, -0.05) is 0 Å². The van der Waals surface area contributed by atoms with Crippen molar-refractivity contribution in [2.45, 2.75) is 31.9 Å². The molecule has 0 spiro atoms. The van der Waals surface area contributed by atoms with Crippen molar-refractivity contribution in [1.82, 2.24) is 0 Å². The summed E-state index contributed by atoms with van der Waals surface area (Å²) < 4.78 is 31.4. The number of nitrogens with two attached hydrogens (primary N) is 1. The molecule has 1 fully saturated rings. The maximum atomic E-state index is 13.0. The third-order valence-electron chi connectivity index (χ3n) is 2.62. The van der Waals surface area contributed by atoms with Crippen LogP contribution in [0.2, 0.25) is 0 Å². The third kappa shape index (κ3) is 2.09. The van der Waals surface area contributed by atoms with Gasteiger partial charge < -0.3 is 10.5 Å². The van der Waals surface area contributed by atoms with Crippen molar-refractivity contribution in [2.75, 3.05) is 0 Å². The van der Waals surface area contributed by atoms with Crippen molar-refractivity contribution in [3.8, 4) is 5.75 Å². The van der Waals surface area contributed by atoms with E-state index in [-0.39, 0.29) is 17.7 Å². The lowest BCUT2D eigenvalue weighted by molar-refractivity contribution is 0.100. The Balaban J connectivity index is 2.09. The van der Waals surface area contributed by atoms with Crippen molar-refractivity contribution in [1.29, 1.82) is 0 Å². The zero-order valence-corrected chi connectivity index (χ0v) is 8.47. The molecule has 0 aromatic heterocycles. The Morgan fingerprint density at radius 2 is 2.00 bits per heavy atom. The van der Waals surface area contributed by atoms with Crippen LogP contribution < -0.4 is 10.5 Å². The van der Waals surface area contributed by atoms with Crippen LogP contribution in [-0.4, -0.2) is 12.1 Å². The summed E-state index contributed by atoms with van der Waals surface area (Å²) in [6, 6.07) is 2.76. The van der Waals surface area contributed by atoms with Gasteiger partial charge in [0.2, 0.25) is 0 Å². The molecule has 0 aliphatic heterocycles. The van der Waals surface area contributed by atoms with Gasteiger partial charge in [-0.15, -0.1) is 0 Å². The van der Waals surface area contributed by atoms with E-state index in [4.69, 9.17) is 10.5 Å². The molecule has 15 heavy (non-hydrogen) atoms. The third-order valence-corrected chi connectivity index (χ3v) is 2.62. The molecule has 2 rings (SSSR count). The number of benzene rings is 1. The first-order chi connectivity index (χ1) is 7.06. The topological polar surface area (TPSA) is 35.2 Å². The summed E-state index contributed by atoms with van der Waals surface area (Å²) in [5.74, 6) is -1.30. The van der Waals surface area contributed by atoms with Crippen molar-refractivity contribution < 1.29 is 13.5 Å². The van der Waals surface area contributed by atoms with Crippen LogP contribution in [0.4, 0.5) is 8.78 Å². The van der Waals surface area contributed by atoms with Gasteiger partial charge in [-0.05, 0) is 31.4 Å². The molecule has 1 aromatic carbocycles. The highest BCUT2D eigenvalue weighted by Gasteiger charge is 2.27. The number of ether oxygens (including phenoxy) is 1. The second-order valence-electron chi connectivity index (χ2n) is 4.01. The molecule has 0 heterocycles. The molecule has 4 heteroatoms. The predicted molar refractivity (Wildman–Crippen MR) is 52.7 cm³/mol. The molecule has 1 saturated carbocycles. The van der Waals surface area contributed by atoms with E-state index in [9.17, 15) is 8.78 Å². The minimum atomic E-state index is -0.867. The van der Waals surface area contributed by atoms with Crippen LogP contribution in [-0.2, 0) is 0 Å². The van der Waals surface area contributed by atoms with Crippen molar-refractivity contribution in [3.63, 3.8) is 0 Å². The number of aryl methyl sites for hydroxylation is 1. The summed E-state index contributed by atoms with van der Waals surface area (Å²) >= 11 is 0. The Kier molecular flexibility index (Phi) is 2.61. The zero-order valence-electron chi connectivity index (χ0n) is 8.47. The summed E-state index contributed by atoms with van der Waals surface area (Å²) in [4.78, 5) is 0. The van der Waals surface area contributed by atoms with E-state index >= 15 is 0 Å². The highest BCUT2D eigenvalue weighted by molar-refractivity contribution is 5.30.